The lowest BCUT2D eigenvalue weighted by Gasteiger charge is -2.36. The number of nitrogens with zero attached hydrogens (tertiary/aromatic N) is 3. The molecular formula is C20H26N4O3. The minimum Gasteiger partial charge on any atom is -0.469 e. The van der Waals surface area contributed by atoms with Crippen LogP contribution in [0.4, 0.5) is 0 Å². The van der Waals surface area contributed by atoms with Gasteiger partial charge in [-0.3, -0.25) is 4.79 Å². The molecular weight excluding hydrogens is 344 g/mol. The van der Waals surface area contributed by atoms with Gasteiger partial charge in [0.2, 0.25) is 0 Å². The van der Waals surface area contributed by atoms with Crippen molar-refractivity contribution in [3.05, 3.63) is 60.5 Å². The zero-order chi connectivity index (χ0) is 19.1. The van der Waals surface area contributed by atoms with Gasteiger partial charge < -0.3 is 24.0 Å². The summed E-state index contributed by atoms with van der Waals surface area (Å²) in [5.74, 6) is 2.10. The van der Waals surface area contributed by atoms with Crippen LogP contribution in [0.3, 0.4) is 0 Å². The molecule has 1 saturated heterocycles. The van der Waals surface area contributed by atoms with Crippen molar-refractivity contribution >= 4 is 11.9 Å². The number of aliphatic imine (C=N–C) groups is 1. The highest BCUT2D eigenvalue weighted by Gasteiger charge is 2.25. The molecule has 1 amide bonds. The van der Waals surface area contributed by atoms with Gasteiger partial charge in [-0.2, -0.15) is 0 Å². The molecule has 0 radical (unpaired) electrons. The van der Waals surface area contributed by atoms with Crippen LogP contribution in [0.5, 0.6) is 0 Å². The lowest BCUT2D eigenvalue weighted by atomic mass is 10.3. The molecule has 1 aliphatic heterocycles. The maximum atomic E-state index is 12.4. The predicted octanol–water partition coefficient (Wildman–Crippen LogP) is 2.39. The third-order valence-corrected chi connectivity index (χ3v) is 4.33. The van der Waals surface area contributed by atoms with Gasteiger partial charge in [-0.25, -0.2) is 4.99 Å². The number of amides is 1. The lowest BCUT2D eigenvalue weighted by molar-refractivity contribution is 0.0657. The van der Waals surface area contributed by atoms with Crippen LogP contribution < -0.4 is 5.32 Å². The van der Waals surface area contributed by atoms with Crippen LogP contribution in [0.15, 0.2) is 62.8 Å². The summed E-state index contributed by atoms with van der Waals surface area (Å²) >= 11 is 0. The summed E-state index contributed by atoms with van der Waals surface area (Å²) in [6.07, 6.45) is 3.99. The summed E-state index contributed by atoms with van der Waals surface area (Å²) in [6, 6.07) is 7.28. The highest BCUT2D eigenvalue weighted by atomic mass is 16.3. The maximum Gasteiger partial charge on any atom is 0.289 e. The number of hydrogen-bond donors (Lipinski definition) is 1. The number of guanidine groups is 1. The Bertz CT molecular complexity index is 757. The van der Waals surface area contributed by atoms with E-state index in [1.807, 2.05) is 24.0 Å². The molecule has 0 saturated carbocycles. The van der Waals surface area contributed by atoms with Crippen molar-refractivity contribution in [1.29, 1.82) is 0 Å². The zero-order valence-corrected chi connectivity index (χ0v) is 15.7. The van der Waals surface area contributed by atoms with Gasteiger partial charge in [0.1, 0.15) is 5.76 Å². The molecule has 0 unspecified atom stereocenters. The van der Waals surface area contributed by atoms with Gasteiger partial charge in [0.05, 0.1) is 19.1 Å². The molecule has 144 valence electrons. The van der Waals surface area contributed by atoms with Gasteiger partial charge in [0.15, 0.2) is 11.7 Å². The van der Waals surface area contributed by atoms with Crippen molar-refractivity contribution < 1.29 is 13.6 Å². The second-order valence-corrected chi connectivity index (χ2v) is 6.61. The molecule has 3 heterocycles. The number of hydrogen-bond acceptors (Lipinski definition) is 4. The van der Waals surface area contributed by atoms with Gasteiger partial charge in [-0.05, 0) is 31.2 Å². The number of carbonyl (C=O) groups excluding carboxylic acids is 1. The minimum atomic E-state index is -0.0640. The van der Waals surface area contributed by atoms with Crippen molar-refractivity contribution in [2.75, 3.05) is 39.3 Å². The van der Waals surface area contributed by atoms with Crippen LogP contribution in [0, 0.1) is 0 Å². The Labute approximate surface area is 159 Å². The zero-order valence-electron chi connectivity index (χ0n) is 15.7. The molecule has 1 N–H and O–H groups in total. The van der Waals surface area contributed by atoms with Crippen molar-refractivity contribution in [1.82, 2.24) is 15.1 Å². The van der Waals surface area contributed by atoms with Crippen LogP contribution in [0.2, 0.25) is 0 Å². The third-order valence-electron chi connectivity index (χ3n) is 4.33. The van der Waals surface area contributed by atoms with Crippen molar-refractivity contribution in [3.8, 4) is 0 Å². The summed E-state index contributed by atoms with van der Waals surface area (Å²) in [6.45, 7) is 9.89. The molecule has 3 rings (SSSR count). The van der Waals surface area contributed by atoms with Crippen molar-refractivity contribution in [2.45, 2.75) is 13.3 Å². The van der Waals surface area contributed by atoms with Gasteiger partial charge in [0, 0.05) is 39.1 Å². The number of nitrogens with one attached hydrogen (secondary N) is 1. The fourth-order valence-electron chi connectivity index (χ4n) is 2.91. The molecule has 27 heavy (non-hydrogen) atoms. The first-order valence-electron chi connectivity index (χ1n) is 9.16. The number of rotatable bonds is 6. The van der Waals surface area contributed by atoms with E-state index < -0.39 is 0 Å². The molecule has 1 fully saturated rings. The smallest absolute Gasteiger partial charge is 0.289 e. The van der Waals surface area contributed by atoms with Gasteiger partial charge >= 0.3 is 0 Å². The fraction of sp³-hybridized carbons (Fsp3) is 0.400. The van der Waals surface area contributed by atoms with E-state index in [-0.39, 0.29) is 5.91 Å². The highest BCUT2D eigenvalue weighted by molar-refractivity contribution is 5.91. The summed E-state index contributed by atoms with van der Waals surface area (Å²) in [5.41, 5.74) is 1.01. The van der Waals surface area contributed by atoms with E-state index in [1.54, 1.807) is 18.4 Å². The quantitative estimate of drug-likeness (QED) is 0.480. The number of furan rings is 2. The van der Waals surface area contributed by atoms with Crippen LogP contribution in [-0.2, 0) is 6.42 Å². The standard InChI is InChI=1S/C20H26N4O3/c1-16(2)15-22-20(21-8-7-17-5-3-13-26-17)24-11-9-23(10-12-24)19(25)18-6-4-14-27-18/h3-6,13-14H,1,7-12,15H2,2H3,(H,21,22). The first-order chi connectivity index (χ1) is 13.1. The molecule has 1 aliphatic rings. The summed E-state index contributed by atoms with van der Waals surface area (Å²) in [7, 11) is 0. The molecule has 7 nitrogen and oxygen atoms in total. The Morgan fingerprint density at radius 1 is 1.15 bits per heavy atom. The van der Waals surface area contributed by atoms with E-state index in [1.165, 1.54) is 6.26 Å². The summed E-state index contributed by atoms with van der Waals surface area (Å²) < 4.78 is 10.6. The number of carbonyl (C=O) groups is 1. The summed E-state index contributed by atoms with van der Waals surface area (Å²) in [5, 5.41) is 3.41. The Kier molecular flexibility index (Phi) is 6.35. The Balaban J connectivity index is 1.55. The largest absolute Gasteiger partial charge is 0.469 e. The van der Waals surface area contributed by atoms with Gasteiger partial charge in [0.25, 0.3) is 5.91 Å². The molecule has 0 aliphatic carbocycles. The van der Waals surface area contributed by atoms with Crippen LogP contribution in [0.25, 0.3) is 0 Å². The van der Waals surface area contributed by atoms with Crippen molar-refractivity contribution in [3.63, 3.8) is 0 Å². The van der Waals surface area contributed by atoms with Crippen LogP contribution in [-0.4, -0.2) is 60.9 Å². The molecule has 7 heteroatoms. The van der Waals surface area contributed by atoms with Crippen LogP contribution in [0.1, 0.15) is 23.2 Å². The Morgan fingerprint density at radius 2 is 1.85 bits per heavy atom. The SMILES string of the molecule is C=C(C)CN=C(NCCc1ccco1)N1CCN(C(=O)c2ccco2)CC1. The Hall–Kier alpha value is -2.96. The van der Waals surface area contributed by atoms with Gasteiger partial charge in [-0.1, -0.05) is 12.2 Å². The predicted molar refractivity (Wildman–Crippen MR) is 104 cm³/mol. The normalized spacial score (nSPS) is 15.1. The molecule has 2 aromatic heterocycles. The van der Waals surface area contributed by atoms with E-state index in [0.717, 1.165) is 43.3 Å². The highest BCUT2D eigenvalue weighted by Crippen LogP contribution is 2.10. The first kappa shape index (κ1) is 18.8. The third kappa shape index (κ3) is 5.26. The monoisotopic (exact) mass is 370 g/mol. The van der Waals surface area contributed by atoms with E-state index >= 15 is 0 Å². The molecule has 2 aromatic rings. The van der Waals surface area contributed by atoms with E-state index in [9.17, 15) is 4.79 Å². The lowest BCUT2D eigenvalue weighted by Crippen LogP contribution is -2.54. The van der Waals surface area contributed by atoms with Crippen LogP contribution >= 0.6 is 0 Å². The Morgan fingerprint density at radius 3 is 2.48 bits per heavy atom. The molecule has 0 aromatic carbocycles. The second kappa shape index (κ2) is 9.12. The topological polar surface area (TPSA) is 74.2 Å². The van der Waals surface area contributed by atoms with E-state index in [2.05, 4.69) is 21.8 Å². The molecule has 0 bridgehead atoms. The maximum absolute atomic E-state index is 12.4. The van der Waals surface area contributed by atoms with E-state index in [4.69, 9.17) is 8.83 Å². The van der Waals surface area contributed by atoms with Gasteiger partial charge in [-0.15, -0.1) is 0 Å². The first-order valence-corrected chi connectivity index (χ1v) is 9.16. The average molecular weight is 370 g/mol. The fourth-order valence-corrected chi connectivity index (χ4v) is 2.91. The molecule has 0 spiro atoms. The number of piperazine rings is 1. The average Bonchev–Trinajstić information content (AvgIpc) is 3.38. The second-order valence-electron chi connectivity index (χ2n) is 6.61. The minimum absolute atomic E-state index is 0.0640. The van der Waals surface area contributed by atoms with Crippen molar-refractivity contribution in [2.24, 2.45) is 4.99 Å². The summed E-state index contributed by atoms with van der Waals surface area (Å²) in [4.78, 5) is 21.1. The van der Waals surface area contributed by atoms with E-state index in [0.29, 0.717) is 25.4 Å². The molecule has 0 atom stereocenters.